The topological polar surface area (TPSA) is 36.4 Å². The van der Waals surface area contributed by atoms with Gasteiger partial charge in [-0.3, -0.25) is 4.90 Å². The normalized spacial score (nSPS) is 21.2. The Morgan fingerprint density at radius 2 is 2.00 bits per heavy atom. The van der Waals surface area contributed by atoms with Crippen molar-refractivity contribution in [2.45, 2.75) is 63.5 Å². The van der Waals surface area contributed by atoms with E-state index >= 15 is 0 Å². The Labute approximate surface area is 119 Å². The van der Waals surface area contributed by atoms with Crippen LogP contribution >= 0.6 is 11.3 Å². The van der Waals surface area contributed by atoms with Gasteiger partial charge in [-0.25, -0.2) is 4.98 Å². The fraction of sp³-hybridized carbons (Fsp3) is 0.800. The second-order valence-electron chi connectivity index (χ2n) is 5.94. The van der Waals surface area contributed by atoms with Crippen LogP contribution in [-0.4, -0.2) is 34.2 Å². The summed E-state index contributed by atoms with van der Waals surface area (Å²) in [7, 11) is 0. The van der Waals surface area contributed by atoms with E-state index in [1.165, 1.54) is 55.6 Å². The molecule has 106 valence electrons. The van der Waals surface area contributed by atoms with Crippen LogP contribution in [0.25, 0.3) is 0 Å². The summed E-state index contributed by atoms with van der Waals surface area (Å²) in [6, 6.07) is 0.701. The Kier molecular flexibility index (Phi) is 4.51. The molecule has 2 saturated carbocycles. The van der Waals surface area contributed by atoms with E-state index in [0.29, 0.717) is 6.04 Å². The highest BCUT2D eigenvalue weighted by atomic mass is 32.1. The minimum atomic E-state index is 0.260. The first kappa shape index (κ1) is 13.5. The number of rotatable bonds is 6. The SMILES string of the molecule is OCCN(Cc1csc(C2CCCCC2)n1)C1CC1. The van der Waals surface area contributed by atoms with Crippen LogP contribution < -0.4 is 0 Å². The molecule has 3 rings (SSSR count). The molecule has 4 heteroatoms. The van der Waals surface area contributed by atoms with Crippen LogP contribution in [0.5, 0.6) is 0 Å². The van der Waals surface area contributed by atoms with Crippen molar-refractivity contribution in [2.24, 2.45) is 0 Å². The summed E-state index contributed by atoms with van der Waals surface area (Å²) in [5.41, 5.74) is 1.21. The van der Waals surface area contributed by atoms with E-state index in [4.69, 9.17) is 10.1 Å². The highest BCUT2D eigenvalue weighted by molar-refractivity contribution is 7.09. The molecule has 0 aliphatic heterocycles. The molecule has 0 radical (unpaired) electrons. The second kappa shape index (κ2) is 6.33. The van der Waals surface area contributed by atoms with Crippen LogP contribution in [0.15, 0.2) is 5.38 Å². The van der Waals surface area contributed by atoms with E-state index in [9.17, 15) is 0 Å². The highest BCUT2D eigenvalue weighted by Gasteiger charge is 2.29. The monoisotopic (exact) mass is 280 g/mol. The Balaban J connectivity index is 1.60. The van der Waals surface area contributed by atoms with Gasteiger partial charge in [0.25, 0.3) is 0 Å². The molecule has 0 amide bonds. The third kappa shape index (κ3) is 3.56. The lowest BCUT2D eigenvalue weighted by atomic mass is 9.90. The smallest absolute Gasteiger partial charge is 0.0959 e. The Morgan fingerprint density at radius 1 is 1.21 bits per heavy atom. The lowest BCUT2D eigenvalue weighted by Gasteiger charge is -2.20. The number of aromatic nitrogens is 1. The summed E-state index contributed by atoms with van der Waals surface area (Å²) in [5, 5.41) is 12.7. The van der Waals surface area contributed by atoms with Gasteiger partial charge in [0.1, 0.15) is 0 Å². The molecule has 1 aromatic heterocycles. The van der Waals surface area contributed by atoms with Crippen molar-refractivity contribution in [3.05, 3.63) is 16.1 Å². The summed E-state index contributed by atoms with van der Waals surface area (Å²) in [4.78, 5) is 7.25. The van der Waals surface area contributed by atoms with Crippen molar-refractivity contribution in [3.8, 4) is 0 Å². The zero-order valence-electron chi connectivity index (χ0n) is 11.6. The van der Waals surface area contributed by atoms with Crippen molar-refractivity contribution in [1.82, 2.24) is 9.88 Å². The predicted molar refractivity (Wildman–Crippen MR) is 78.5 cm³/mol. The van der Waals surface area contributed by atoms with E-state index in [1.807, 2.05) is 11.3 Å². The van der Waals surface area contributed by atoms with Gasteiger partial charge in [-0.1, -0.05) is 19.3 Å². The molecule has 0 aromatic carbocycles. The van der Waals surface area contributed by atoms with Gasteiger partial charge in [-0.05, 0) is 25.7 Å². The number of hydrogen-bond acceptors (Lipinski definition) is 4. The summed E-state index contributed by atoms with van der Waals surface area (Å²) in [6.07, 6.45) is 9.39. The van der Waals surface area contributed by atoms with Gasteiger partial charge in [0, 0.05) is 30.4 Å². The summed E-state index contributed by atoms with van der Waals surface area (Å²) < 4.78 is 0. The van der Waals surface area contributed by atoms with Gasteiger partial charge < -0.3 is 5.11 Å². The summed E-state index contributed by atoms with van der Waals surface area (Å²) >= 11 is 1.85. The first-order valence-corrected chi connectivity index (χ1v) is 8.54. The fourth-order valence-corrected chi connectivity index (χ4v) is 4.08. The quantitative estimate of drug-likeness (QED) is 0.869. The van der Waals surface area contributed by atoms with Gasteiger partial charge in [-0.2, -0.15) is 0 Å². The third-order valence-corrected chi connectivity index (χ3v) is 5.40. The predicted octanol–water partition coefficient (Wildman–Crippen LogP) is 3.15. The number of aliphatic hydroxyl groups excluding tert-OH is 1. The molecule has 1 heterocycles. The first-order valence-electron chi connectivity index (χ1n) is 7.66. The van der Waals surface area contributed by atoms with Crippen LogP contribution in [0.1, 0.15) is 61.6 Å². The van der Waals surface area contributed by atoms with Crippen molar-refractivity contribution < 1.29 is 5.11 Å². The molecule has 0 unspecified atom stereocenters. The molecular formula is C15H24N2OS. The van der Waals surface area contributed by atoms with Crippen LogP contribution in [0.3, 0.4) is 0 Å². The number of aliphatic hydroxyl groups is 1. The van der Waals surface area contributed by atoms with Gasteiger partial charge >= 0.3 is 0 Å². The lowest BCUT2D eigenvalue weighted by molar-refractivity contribution is 0.182. The molecule has 2 aliphatic rings. The number of thiazole rings is 1. The van der Waals surface area contributed by atoms with Crippen LogP contribution in [-0.2, 0) is 6.54 Å². The maximum absolute atomic E-state index is 9.14. The molecule has 0 bridgehead atoms. The highest BCUT2D eigenvalue weighted by Crippen LogP contribution is 2.35. The third-order valence-electron chi connectivity index (χ3n) is 4.34. The molecular weight excluding hydrogens is 256 g/mol. The van der Waals surface area contributed by atoms with Crippen molar-refractivity contribution >= 4 is 11.3 Å². The van der Waals surface area contributed by atoms with Crippen LogP contribution in [0.4, 0.5) is 0 Å². The zero-order chi connectivity index (χ0) is 13.1. The second-order valence-corrected chi connectivity index (χ2v) is 6.83. The largest absolute Gasteiger partial charge is 0.395 e. The average molecular weight is 280 g/mol. The number of hydrogen-bond donors (Lipinski definition) is 1. The van der Waals surface area contributed by atoms with E-state index < -0.39 is 0 Å². The van der Waals surface area contributed by atoms with Crippen LogP contribution in [0.2, 0.25) is 0 Å². The first-order chi connectivity index (χ1) is 9.36. The lowest BCUT2D eigenvalue weighted by Crippen LogP contribution is -2.28. The van der Waals surface area contributed by atoms with E-state index in [0.717, 1.165) is 19.0 Å². The molecule has 0 spiro atoms. The molecule has 2 aliphatic carbocycles. The standard InChI is InChI=1S/C15H24N2OS/c18-9-8-17(14-6-7-14)10-13-11-19-15(16-13)12-4-2-1-3-5-12/h11-12,14,18H,1-10H2. The van der Waals surface area contributed by atoms with Crippen molar-refractivity contribution in [2.75, 3.05) is 13.2 Å². The maximum Gasteiger partial charge on any atom is 0.0959 e. The molecule has 1 N–H and O–H groups in total. The van der Waals surface area contributed by atoms with Gasteiger partial charge in [0.05, 0.1) is 17.3 Å². The molecule has 3 nitrogen and oxygen atoms in total. The molecule has 0 atom stereocenters. The fourth-order valence-electron chi connectivity index (χ4n) is 3.10. The van der Waals surface area contributed by atoms with Gasteiger partial charge in [-0.15, -0.1) is 11.3 Å². The summed E-state index contributed by atoms with van der Waals surface area (Å²) in [5.74, 6) is 0.722. The van der Waals surface area contributed by atoms with Gasteiger partial charge in [0.15, 0.2) is 0 Å². The average Bonchev–Trinajstić information content (AvgIpc) is 3.19. The Morgan fingerprint density at radius 3 is 2.68 bits per heavy atom. The zero-order valence-corrected chi connectivity index (χ0v) is 12.4. The Bertz CT molecular complexity index is 397. The number of nitrogens with zero attached hydrogens (tertiary/aromatic N) is 2. The molecule has 1 aromatic rings. The van der Waals surface area contributed by atoms with E-state index in [1.54, 1.807) is 0 Å². The molecule has 2 fully saturated rings. The minimum Gasteiger partial charge on any atom is -0.395 e. The van der Waals surface area contributed by atoms with Gasteiger partial charge in [0.2, 0.25) is 0 Å². The van der Waals surface area contributed by atoms with Crippen LogP contribution in [0, 0.1) is 0 Å². The molecule has 0 saturated heterocycles. The maximum atomic E-state index is 9.14. The Hall–Kier alpha value is -0.450. The van der Waals surface area contributed by atoms with E-state index in [2.05, 4.69) is 10.3 Å². The molecule has 19 heavy (non-hydrogen) atoms. The van der Waals surface area contributed by atoms with E-state index in [-0.39, 0.29) is 6.61 Å². The minimum absolute atomic E-state index is 0.260. The van der Waals surface area contributed by atoms with Crippen molar-refractivity contribution in [1.29, 1.82) is 0 Å². The summed E-state index contributed by atoms with van der Waals surface area (Å²) in [6.45, 7) is 1.98. The van der Waals surface area contributed by atoms with Crippen molar-refractivity contribution in [3.63, 3.8) is 0 Å².